The molecule has 0 aliphatic carbocycles. The van der Waals surface area contributed by atoms with Crippen molar-refractivity contribution < 1.29 is 127 Å². The number of nitrogens with two attached hydrogens (primary N) is 1. The highest BCUT2D eigenvalue weighted by Crippen LogP contribution is 2.50. The molecule has 8 amide bonds. The van der Waals surface area contributed by atoms with Crippen LogP contribution >= 0.6 is 23.2 Å². The van der Waals surface area contributed by atoms with Crippen LogP contribution in [0.25, 0.3) is 11.1 Å². The summed E-state index contributed by atoms with van der Waals surface area (Å²) in [5.74, 6) is -16.2. The Hall–Kier alpha value is -10.7. The molecule has 11 bridgehead atoms. The number of carboxylic acids is 1. The highest BCUT2D eigenvalue weighted by Gasteiger charge is 2.53. The minimum Gasteiger partial charge on any atom is -0.508 e. The van der Waals surface area contributed by atoms with Crippen molar-refractivity contribution in [2.45, 2.75) is 208 Å². The smallest absolute Gasteiger partial charge is 0.330 e. The molecule has 7 heterocycles. The number of ether oxygens (including phenoxy) is 7. The largest absolute Gasteiger partial charge is 0.508 e. The summed E-state index contributed by atoms with van der Waals surface area (Å²) in [5, 5.41) is 139. The molecule has 652 valence electrons. The Morgan fingerprint density at radius 2 is 1.31 bits per heavy atom. The zero-order valence-electron chi connectivity index (χ0n) is 66.7. The standard InChI is InChI=1S/C83H100Cl2N10O26/c1-7-8-9-10-11-12-23-115-45-18-13-39(14-19-45)34-88-35-60(101)95-83(5)33-61(116-38(4)74(83)106)120-73-71(105)70(104)58(36-96)119-82(73)121-72-56-28-43-29-57(72)118-55-22-17-42(27-49(55)85)69(103)67-80(112)92-65(81(113)114)47-30-44(97)31-53(99)62(47)46-25-40(15-20-52(46)98)63(77(109)94-67)91-78(110)64(43)90-76(108)51(32-59(86)100)89-79(111)66(93-75(107)50(87-6)24-37(2)3)68(102)41-16-21-54(117-56)48(84)26-41/h13-22,25-31,37-38,50-51,58,61,63-71,73-74,82,87-88,96-99,102-106H,7-12,23-24,32-36H2,1-6H3,(H2,86,100)(H,89,111)(H,90,108)(H,91,110)(H,92,112)(H,93,107)(H,94,109)(H,95,101)(H,113,114)/t38-,50+,51-,58+,61-,63+,64+,65-,66+,67-,68+,69+,70+,71-,73+,74+,82-,83-/m0/s1. The van der Waals surface area contributed by atoms with Gasteiger partial charge in [-0.3, -0.25) is 38.4 Å². The van der Waals surface area contributed by atoms with Gasteiger partial charge in [-0.2, -0.15) is 0 Å². The average molecular weight is 1720 g/mol. The molecule has 6 aromatic rings. The molecule has 13 rings (SSSR count). The third kappa shape index (κ3) is 21.6. The average Bonchev–Trinajstić information content (AvgIpc) is 0.767. The zero-order valence-corrected chi connectivity index (χ0v) is 68.2. The first-order valence-electron chi connectivity index (χ1n) is 39.5. The van der Waals surface area contributed by atoms with Crippen molar-refractivity contribution in [3.05, 3.63) is 147 Å². The van der Waals surface area contributed by atoms with Crippen LogP contribution in [0.3, 0.4) is 0 Å². The summed E-state index contributed by atoms with van der Waals surface area (Å²) >= 11 is 14.3. The van der Waals surface area contributed by atoms with E-state index in [1.807, 2.05) is 38.1 Å². The molecule has 0 radical (unpaired) electrons. The number of fused-ring (bicyclic) bond motifs is 15. The Morgan fingerprint density at radius 1 is 0.686 bits per heavy atom. The third-order valence-electron chi connectivity index (χ3n) is 21.5. The van der Waals surface area contributed by atoms with Crippen LogP contribution in [-0.2, 0) is 63.9 Å². The van der Waals surface area contributed by atoms with Crippen LogP contribution in [-0.4, -0.2) is 210 Å². The molecule has 2 fully saturated rings. The van der Waals surface area contributed by atoms with Crippen molar-refractivity contribution in [1.29, 1.82) is 0 Å². The molecule has 0 aromatic heterocycles. The summed E-state index contributed by atoms with van der Waals surface area (Å²) in [7, 11) is 1.47. The van der Waals surface area contributed by atoms with Gasteiger partial charge in [-0.05, 0) is 134 Å². The molecule has 36 nitrogen and oxygen atoms in total. The number of unbranched alkanes of at least 4 members (excludes halogenated alkanes) is 5. The molecule has 121 heavy (non-hydrogen) atoms. The molecule has 18 atom stereocenters. The minimum absolute atomic E-state index is 0.115. The number of benzene rings is 6. The number of aliphatic carboxylic acids is 1. The van der Waals surface area contributed by atoms with Crippen LogP contribution in [0.2, 0.25) is 10.0 Å². The number of hydrogen-bond acceptors (Lipinski definition) is 27. The SMILES string of the molecule is CCCCCCCCOc1ccc(CNCC(=O)N[C@@]2(C)C[C@H](O[C@H]3[C@H](Oc4c5cc6cc4Oc4ccc(cc4Cl)[C@@H](O)[C@@H](NC(=O)[C@@H](CC(C)C)NC)C(=O)N[C@@H](CC(N)=O)C(=O)N[C@H]6C(=O)N[C@H]4C(=O)N[C@H](C(=O)N[C@H](C(=O)O)c6cc(O)cc(O)c6-c6cc4ccc6O)[C@H](O)c4ccc(c(Cl)c4)O5)O[C@H](CO)[C@@H](O)[C@@H]3O)O[C@@H](C)[C@H]2O)cc1. The summed E-state index contributed by atoms with van der Waals surface area (Å²) in [4.78, 5) is 132. The number of carbonyl (C=O) groups is 9. The molecule has 38 heteroatoms. The molecule has 21 N–H and O–H groups in total. The van der Waals surface area contributed by atoms with E-state index in [2.05, 4.69) is 54.8 Å². The number of phenols is 3. The summed E-state index contributed by atoms with van der Waals surface area (Å²) in [6.45, 7) is 8.37. The van der Waals surface area contributed by atoms with E-state index in [9.17, 15) is 79.8 Å². The van der Waals surface area contributed by atoms with Gasteiger partial charge in [0.1, 0.15) is 101 Å². The second-order valence-corrected chi connectivity index (χ2v) is 31.9. The molecule has 7 aliphatic heterocycles. The van der Waals surface area contributed by atoms with E-state index in [4.69, 9.17) is 62.1 Å². The van der Waals surface area contributed by atoms with E-state index in [1.54, 1.807) is 0 Å². The number of carbonyl (C=O) groups excluding carboxylic acids is 8. The van der Waals surface area contributed by atoms with Crippen molar-refractivity contribution in [2.24, 2.45) is 11.7 Å². The van der Waals surface area contributed by atoms with Crippen molar-refractivity contribution >= 4 is 76.4 Å². The van der Waals surface area contributed by atoms with E-state index in [-0.39, 0.29) is 59.3 Å². The maximum Gasteiger partial charge on any atom is 0.330 e. The number of aliphatic hydroxyl groups excluding tert-OH is 6. The highest BCUT2D eigenvalue weighted by atomic mass is 35.5. The number of hydrogen-bond donors (Lipinski definition) is 20. The van der Waals surface area contributed by atoms with E-state index in [1.165, 1.54) is 45.9 Å². The number of rotatable bonds is 26. The van der Waals surface area contributed by atoms with Crippen LogP contribution in [0.5, 0.6) is 51.7 Å². The van der Waals surface area contributed by atoms with Crippen LogP contribution in [0.1, 0.15) is 156 Å². The summed E-state index contributed by atoms with van der Waals surface area (Å²) in [5.41, 5.74) is 2.10. The van der Waals surface area contributed by atoms with Gasteiger partial charge in [-0.25, -0.2) is 4.79 Å². The van der Waals surface area contributed by atoms with Crippen LogP contribution in [0.4, 0.5) is 0 Å². The molecule has 6 aromatic carbocycles. The molecule has 0 saturated carbocycles. The lowest BCUT2D eigenvalue weighted by molar-refractivity contribution is -0.334. The van der Waals surface area contributed by atoms with Crippen LogP contribution < -0.4 is 72.5 Å². The van der Waals surface area contributed by atoms with Gasteiger partial charge >= 0.3 is 5.97 Å². The van der Waals surface area contributed by atoms with Gasteiger partial charge in [-0.1, -0.05) is 106 Å². The van der Waals surface area contributed by atoms with Crippen molar-refractivity contribution in [2.75, 3.05) is 26.8 Å². The molecule has 0 unspecified atom stereocenters. The first kappa shape index (κ1) is 91.0. The maximum atomic E-state index is 16.2. The van der Waals surface area contributed by atoms with E-state index >= 15 is 14.4 Å². The Bertz CT molecular complexity index is 4820. The number of aliphatic hydroxyl groups is 6. The minimum atomic E-state index is -2.38. The van der Waals surface area contributed by atoms with Crippen molar-refractivity contribution in [3.63, 3.8) is 0 Å². The number of aromatic hydroxyl groups is 3. The molecule has 7 aliphatic rings. The van der Waals surface area contributed by atoms with Crippen LogP contribution in [0, 0.1) is 5.92 Å². The Balaban J connectivity index is 1.04. The predicted octanol–water partition coefficient (Wildman–Crippen LogP) is 3.79. The molecular weight excluding hydrogens is 1620 g/mol. The molecule has 0 spiro atoms. The number of nitrogens with one attached hydrogen (secondary N) is 9. The summed E-state index contributed by atoms with van der Waals surface area (Å²) in [6, 6.07) is 6.47. The lowest BCUT2D eigenvalue weighted by Crippen LogP contribution is -2.66. The van der Waals surface area contributed by atoms with Gasteiger partial charge in [0, 0.05) is 35.7 Å². The Kier molecular flexibility index (Phi) is 30.0. The lowest BCUT2D eigenvalue weighted by Gasteiger charge is -2.48. The topological polar surface area (TPSA) is 555 Å². The Labute approximate surface area is 704 Å². The summed E-state index contributed by atoms with van der Waals surface area (Å²) < 4.78 is 45.2. The van der Waals surface area contributed by atoms with Gasteiger partial charge in [0.25, 0.3) is 0 Å². The molecule has 2 saturated heterocycles. The fourth-order valence-corrected chi connectivity index (χ4v) is 15.5. The second kappa shape index (κ2) is 39.9. The fourth-order valence-electron chi connectivity index (χ4n) is 15.0. The van der Waals surface area contributed by atoms with E-state index < -0.39 is 243 Å². The van der Waals surface area contributed by atoms with Crippen molar-refractivity contribution in [3.8, 4) is 62.9 Å². The number of amides is 8. The number of phenolic OH excluding ortho intramolecular Hbond substituents is 3. The van der Waals surface area contributed by atoms with Gasteiger partial charge in [0.05, 0.1) is 53.9 Å². The summed E-state index contributed by atoms with van der Waals surface area (Å²) in [6.07, 6.45) is -13.0. The predicted molar refractivity (Wildman–Crippen MR) is 430 cm³/mol. The first-order chi connectivity index (χ1) is 57.6. The monoisotopic (exact) mass is 1720 g/mol. The van der Waals surface area contributed by atoms with Crippen LogP contribution in [0.15, 0.2) is 103 Å². The third-order valence-corrected chi connectivity index (χ3v) is 22.1. The van der Waals surface area contributed by atoms with Gasteiger partial charge in [-0.15, -0.1) is 0 Å². The van der Waals surface area contributed by atoms with Crippen molar-refractivity contribution in [1.82, 2.24) is 47.9 Å². The second-order valence-electron chi connectivity index (χ2n) is 31.0. The van der Waals surface area contributed by atoms with Gasteiger partial charge < -0.3 is 138 Å². The number of carboxylic acid groups (broad SMARTS) is 1. The zero-order chi connectivity index (χ0) is 87.6. The highest BCUT2D eigenvalue weighted by molar-refractivity contribution is 6.32. The van der Waals surface area contributed by atoms with Gasteiger partial charge in [0.15, 0.2) is 29.9 Å². The quantitative estimate of drug-likeness (QED) is 0.0343. The fraction of sp³-hybridized carbons (Fsp3) is 0.458. The number of halogens is 2. The first-order valence-corrected chi connectivity index (χ1v) is 40.2. The van der Waals surface area contributed by atoms with Gasteiger partial charge in [0.2, 0.25) is 59.3 Å². The number of likely N-dealkylation sites (N-methyl/N-ethyl adjacent to an activating group) is 1. The normalized spacial score (nSPS) is 26.4. The molecular formula is C83H100Cl2N10O26. The van der Waals surface area contributed by atoms with E-state index in [0.29, 0.717) is 12.4 Å². The Morgan fingerprint density at radius 3 is 1.94 bits per heavy atom. The lowest BCUT2D eigenvalue weighted by atomic mass is 9.85. The van der Waals surface area contributed by atoms with E-state index in [0.717, 1.165) is 98.0 Å². The number of primary amides is 1. The maximum absolute atomic E-state index is 16.2.